The molecule has 28 heavy (non-hydrogen) atoms. The van der Waals surface area contributed by atoms with E-state index in [-0.39, 0.29) is 17.5 Å². The summed E-state index contributed by atoms with van der Waals surface area (Å²) in [4.78, 5) is 30.9. The number of hydrogen-bond donors (Lipinski definition) is 0. The third kappa shape index (κ3) is 3.58. The molecule has 1 saturated heterocycles. The lowest BCUT2D eigenvalue weighted by Crippen LogP contribution is -2.38. The minimum absolute atomic E-state index is 0.0357. The van der Waals surface area contributed by atoms with Gasteiger partial charge in [0.05, 0.1) is 11.7 Å². The number of pyridine rings is 1. The Balaban J connectivity index is 1.58. The van der Waals surface area contributed by atoms with Gasteiger partial charge in [-0.1, -0.05) is 18.2 Å². The molecule has 0 unspecified atom stereocenters. The van der Waals surface area contributed by atoms with E-state index in [0.717, 1.165) is 36.9 Å². The molecule has 0 radical (unpaired) electrons. The number of rotatable bonds is 3. The largest absolute Gasteiger partial charge is 0.332 e. The van der Waals surface area contributed by atoms with Crippen molar-refractivity contribution in [1.82, 2.24) is 19.7 Å². The highest BCUT2D eigenvalue weighted by Gasteiger charge is 2.28. The fourth-order valence-corrected chi connectivity index (χ4v) is 3.70. The van der Waals surface area contributed by atoms with Crippen LogP contribution in [0.15, 0.2) is 65.7 Å². The van der Waals surface area contributed by atoms with E-state index in [1.54, 1.807) is 19.3 Å². The van der Waals surface area contributed by atoms with Crippen molar-refractivity contribution >= 4 is 5.91 Å². The topological polar surface area (TPSA) is 68.1 Å². The molecule has 1 aromatic carbocycles. The van der Waals surface area contributed by atoms with Crippen LogP contribution in [0.4, 0.5) is 0 Å². The first-order valence-electron chi connectivity index (χ1n) is 9.49. The summed E-state index contributed by atoms with van der Waals surface area (Å²) in [6, 6.07) is 14.6. The highest BCUT2D eigenvalue weighted by molar-refractivity contribution is 5.95. The van der Waals surface area contributed by atoms with Crippen LogP contribution >= 0.6 is 0 Å². The summed E-state index contributed by atoms with van der Waals surface area (Å²) in [5, 5.41) is 4.26. The maximum atomic E-state index is 13.2. The lowest BCUT2D eigenvalue weighted by atomic mass is 9.95. The zero-order chi connectivity index (χ0) is 19.5. The summed E-state index contributed by atoms with van der Waals surface area (Å²) in [7, 11) is 1.62. The van der Waals surface area contributed by atoms with Crippen LogP contribution in [-0.2, 0) is 7.05 Å². The first-order chi connectivity index (χ1) is 13.6. The smallest absolute Gasteiger partial charge is 0.266 e. The first kappa shape index (κ1) is 18.1. The predicted octanol–water partition coefficient (Wildman–Crippen LogP) is 3.21. The molecule has 1 fully saturated rings. The Hall–Kier alpha value is -3.28. The molecule has 1 aliphatic heterocycles. The fraction of sp³-hybridized carbons (Fsp3) is 0.273. The zero-order valence-corrected chi connectivity index (χ0v) is 15.8. The number of aryl methyl sites for hydroxylation is 1. The molecule has 4 rings (SSSR count). The normalized spacial score (nSPS) is 16.8. The lowest BCUT2D eigenvalue weighted by Gasteiger charge is -2.36. The third-order valence-electron chi connectivity index (χ3n) is 5.22. The van der Waals surface area contributed by atoms with Crippen molar-refractivity contribution in [1.29, 1.82) is 0 Å². The Bertz CT molecular complexity index is 1030. The molecule has 2 aromatic heterocycles. The van der Waals surface area contributed by atoms with Crippen molar-refractivity contribution in [2.45, 2.75) is 25.3 Å². The summed E-state index contributed by atoms with van der Waals surface area (Å²) in [5.41, 5.74) is 3.16. The molecule has 0 bridgehead atoms. The molecule has 6 heteroatoms. The number of amides is 1. The molecule has 6 nitrogen and oxygen atoms in total. The van der Waals surface area contributed by atoms with Crippen molar-refractivity contribution in [2.75, 3.05) is 6.54 Å². The Kier molecular flexibility index (Phi) is 5.02. The maximum absolute atomic E-state index is 13.2. The molecular weight excluding hydrogens is 352 g/mol. The standard InChI is InChI=1S/C22H22N4O2/c1-25-21(27)12-11-19(24-25)16-7-9-17(10-8-16)22(28)26-14-3-2-6-20(26)18-5-4-13-23-15-18/h4-5,7-13,15,20H,2-3,6,14H2,1H3/t20-/m0/s1. The van der Waals surface area contributed by atoms with E-state index < -0.39 is 0 Å². The highest BCUT2D eigenvalue weighted by Crippen LogP contribution is 2.32. The number of carbonyl (C=O) groups excluding carboxylic acids is 1. The van der Waals surface area contributed by atoms with Gasteiger partial charge in [0.2, 0.25) is 0 Å². The first-order valence-corrected chi connectivity index (χ1v) is 9.49. The summed E-state index contributed by atoms with van der Waals surface area (Å²) in [6.07, 6.45) is 6.69. The van der Waals surface area contributed by atoms with E-state index in [1.807, 2.05) is 47.5 Å². The minimum atomic E-state index is -0.151. The average Bonchev–Trinajstić information content (AvgIpc) is 2.76. The highest BCUT2D eigenvalue weighted by atomic mass is 16.2. The number of aromatic nitrogens is 3. The monoisotopic (exact) mass is 374 g/mol. The van der Waals surface area contributed by atoms with Crippen LogP contribution < -0.4 is 5.56 Å². The molecule has 0 saturated carbocycles. The molecule has 1 atom stereocenters. The van der Waals surface area contributed by atoms with Crippen molar-refractivity contribution in [3.8, 4) is 11.3 Å². The zero-order valence-electron chi connectivity index (χ0n) is 15.8. The SMILES string of the molecule is Cn1nc(-c2ccc(C(=O)N3CCCC[C@H]3c3cccnc3)cc2)ccc1=O. The molecule has 142 valence electrons. The fourth-order valence-electron chi connectivity index (χ4n) is 3.70. The van der Waals surface area contributed by atoms with E-state index in [9.17, 15) is 9.59 Å². The maximum Gasteiger partial charge on any atom is 0.266 e. The van der Waals surface area contributed by atoms with E-state index in [4.69, 9.17) is 0 Å². The van der Waals surface area contributed by atoms with Crippen LogP contribution in [-0.4, -0.2) is 32.1 Å². The quantitative estimate of drug-likeness (QED) is 0.706. The van der Waals surface area contributed by atoms with Crippen molar-refractivity contribution in [2.24, 2.45) is 7.05 Å². The Morgan fingerprint density at radius 2 is 1.89 bits per heavy atom. The second kappa shape index (κ2) is 7.76. The van der Waals surface area contributed by atoms with Crippen LogP contribution in [0.2, 0.25) is 0 Å². The molecule has 1 aliphatic rings. The van der Waals surface area contributed by atoms with Gasteiger partial charge in [-0.3, -0.25) is 14.6 Å². The number of hydrogen-bond acceptors (Lipinski definition) is 4. The van der Waals surface area contributed by atoms with Gasteiger partial charge in [0.1, 0.15) is 0 Å². The summed E-state index contributed by atoms with van der Waals surface area (Å²) < 4.78 is 1.31. The Morgan fingerprint density at radius 1 is 1.07 bits per heavy atom. The molecule has 0 N–H and O–H groups in total. The molecule has 0 aliphatic carbocycles. The number of piperidine rings is 1. The van der Waals surface area contributed by atoms with E-state index in [2.05, 4.69) is 10.1 Å². The Labute approximate surface area is 163 Å². The van der Waals surface area contributed by atoms with Gasteiger partial charge in [0.25, 0.3) is 11.5 Å². The number of carbonyl (C=O) groups is 1. The Morgan fingerprint density at radius 3 is 2.61 bits per heavy atom. The van der Waals surface area contributed by atoms with Gasteiger partial charge in [-0.2, -0.15) is 5.10 Å². The van der Waals surface area contributed by atoms with Gasteiger partial charge in [-0.25, -0.2) is 4.68 Å². The molecule has 1 amide bonds. The summed E-state index contributed by atoms with van der Waals surface area (Å²) >= 11 is 0. The van der Waals surface area contributed by atoms with Crippen molar-refractivity contribution in [3.63, 3.8) is 0 Å². The summed E-state index contributed by atoms with van der Waals surface area (Å²) in [6.45, 7) is 0.752. The van der Waals surface area contributed by atoms with E-state index in [1.165, 1.54) is 10.7 Å². The number of likely N-dealkylation sites (tertiary alicyclic amines) is 1. The lowest BCUT2D eigenvalue weighted by molar-refractivity contribution is 0.0611. The van der Waals surface area contributed by atoms with Gasteiger partial charge in [0.15, 0.2) is 0 Å². The molecule has 0 spiro atoms. The molecule has 3 heterocycles. The van der Waals surface area contributed by atoms with Crippen LogP contribution in [0.3, 0.4) is 0 Å². The third-order valence-corrected chi connectivity index (χ3v) is 5.22. The molecule has 3 aromatic rings. The van der Waals surface area contributed by atoms with Crippen LogP contribution in [0.25, 0.3) is 11.3 Å². The minimum Gasteiger partial charge on any atom is -0.332 e. The van der Waals surface area contributed by atoms with E-state index in [0.29, 0.717) is 11.3 Å². The number of nitrogens with zero attached hydrogens (tertiary/aromatic N) is 4. The predicted molar refractivity (Wildman–Crippen MR) is 107 cm³/mol. The van der Waals surface area contributed by atoms with Gasteiger partial charge in [-0.05, 0) is 49.1 Å². The van der Waals surface area contributed by atoms with Crippen molar-refractivity contribution in [3.05, 3.63) is 82.4 Å². The van der Waals surface area contributed by atoms with Gasteiger partial charge >= 0.3 is 0 Å². The van der Waals surface area contributed by atoms with Gasteiger partial charge in [0, 0.05) is 43.2 Å². The summed E-state index contributed by atoms with van der Waals surface area (Å²) in [5.74, 6) is 0.0357. The average molecular weight is 374 g/mol. The molecular formula is C22H22N4O2. The second-order valence-electron chi connectivity index (χ2n) is 7.05. The van der Waals surface area contributed by atoms with Crippen molar-refractivity contribution < 1.29 is 4.79 Å². The van der Waals surface area contributed by atoms with Crippen LogP contribution in [0.1, 0.15) is 41.2 Å². The van der Waals surface area contributed by atoms with Gasteiger partial charge in [-0.15, -0.1) is 0 Å². The van der Waals surface area contributed by atoms with E-state index >= 15 is 0 Å². The van der Waals surface area contributed by atoms with Crippen LogP contribution in [0, 0.1) is 0 Å². The second-order valence-corrected chi connectivity index (χ2v) is 7.05. The number of benzene rings is 1. The van der Waals surface area contributed by atoms with Crippen LogP contribution in [0.5, 0.6) is 0 Å². The van der Waals surface area contributed by atoms with Gasteiger partial charge < -0.3 is 4.90 Å².